The van der Waals surface area contributed by atoms with Gasteiger partial charge in [0, 0.05) is 7.05 Å². The Morgan fingerprint density at radius 3 is 2.27 bits per heavy atom. The summed E-state index contributed by atoms with van der Waals surface area (Å²) in [7, 11) is -0.707. The van der Waals surface area contributed by atoms with Gasteiger partial charge in [-0.1, -0.05) is 32.0 Å². The Labute approximate surface area is 177 Å². The van der Waals surface area contributed by atoms with Crippen LogP contribution in [0.4, 0.5) is 5.69 Å². The van der Waals surface area contributed by atoms with E-state index in [9.17, 15) is 13.2 Å². The average molecular weight is 430 g/mol. The van der Waals surface area contributed by atoms with Crippen LogP contribution in [0.25, 0.3) is 5.69 Å². The predicted octanol–water partition coefficient (Wildman–Crippen LogP) is 3.73. The second kappa shape index (κ2) is 8.02. The van der Waals surface area contributed by atoms with Crippen LogP contribution in [0.2, 0.25) is 0 Å². The maximum atomic E-state index is 13.2. The van der Waals surface area contributed by atoms with Crippen LogP contribution in [0.5, 0.6) is 5.75 Å². The fourth-order valence-corrected chi connectivity index (χ4v) is 4.85. The number of hydrogen-bond donors (Lipinski definition) is 1. The van der Waals surface area contributed by atoms with Gasteiger partial charge in [-0.25, -0.2) is 13.1 Å². The Hall–Kier alpha value is -3.00. The minimum atomic E-state index is -3.99. The molecule has 1 aromatic heterocycles. The summed E-state index contributed by atoms with van der Waals surface area (Å²) in [5.74, 6) is 0.715. The molecule has 2 aromatic carbocycles. The molecule has 160 valence electrons. The Balaban J connectivity index is 2.12. The molecule has 3 aromatic rings. The number of nitrogens with one attached hydrogen (secondary N) is 1. The number of para-hydroxylation sites is 1. The van der Waals surface area contributed by atoms with E-state index in [1.54, 1.807) is 57.0 Å². The highest BCUT2D eigenvalue weighted by molar-refractivity contribution is 7.92. The van der Waals surface area contributed by atoms with Gasteiger partial charge in [0.15, 0.2) is 0 Å². The van der Waals surface area contributed by atoms with Crippen molar-refractivity contribution in [1.82, 2.24) is 9.36 Å². The Bertz CT molecular complexity index is 1240. The first kappa shape index (κ1) is 21.7. The average Bonchev–Trinajstić information content (AvgIpc) is 2.90. The van der Waals surface area contributed by atoms with Crippen LogP contribution >= 0.6 is 0 Å². The molecule has 0 saturated carbocycles. The molecule has 1 heterocycles. The van der Waals surface area contributed by atoms with Gasteiger partial charge in [-0.3, -0.25) is 14.2 Å². The van der Waals surface area contributed by atoms with Crippen molar-refractivity contribution in [1.29, 1.82) is 0 Å². The molecule has 0 fully saturated rings. The zero-order valence-corrected chi connectivity index (χ0v) is 18.9. The molecule has 0 aliphatic heterocycles. The monoisotopic (exact) mass is 429 g/mol. The fourth-order valence-electron chi connectivity index (χ4n) is 3.47. The number of nitrogens with zero attached hydrogens (tertiary/aromatic N) is 2. The summed E-state index contributed by atoms with van der Waals surface area (Å²) >= 11 is 0. The van der Waals surface area contributed by atoms with E-state index in [0.717, 1.165) is 5.56 Å². The van der Waals surface area contributed by atoms with Gasteiger partial charge in [0.2, 0.25) is 0 Å². The van der Waals surface area contributed by atoms with Gasteiger partial charge >= 0.3 is 0 Å². The third-order valence-electron chi connectivity index (χ3n) is 5.23. The molecule has 30 heavy (non-hydrogen) atoms. The van der Waals surface area contributed by atoms with Crippen molar-refractivity contribution < 1.29 is 13.2 Å². The molecule has 0 amide bonds. The lowest BCUT2D eigenvalue weighted by Gasteiger charge is -2.16. The van der Waals surface area contributed by atoms with Crippen LogP contribution in [-0.2, 0) is 17.1 Å². The normalized spacial score (nSPS) is 11.7. The van der Waals surface area contributed by atoms with Gasteiger partial charge in [0.05, 0.1) is 23.4 Å². The molecule has 0 atom stereocenters. The first-order valence-corrected chi connectivity index (χ1v) is 11.1. The zero-order valence-electron chi connectivity index (χ0n) is 18.1. The zero-order chi connectivity index (χ0) is 22.2. The molecule has 8 heteroatoms. The van der Waals surface area contributed by atoms with Crippen molar-refractivity contribution in [2.75, 3.05) is 11.8 Å². The number of sulfonamides is 1. The lowest BCUT2D eigenvalue weighted by Crippen LogP contribution is -2.23. The molecular weight excluding hydrogens is 402 g/mol. The van der Waals surface area contributed by atoms with E-state index in [2.05, 4.69) is 4.72 Å². The highest BCUT2D eigenvalue weighted by atomic mass is 32.2. The third kappa shape index (κ3) is 3.75. The largest absolute Gasteiger partial charge is 0.496 e. The summed E-state index contributed by atoms with van der Waals surface area (Å²) < 4.78 is 37.5. The van der Waals surface area contributed by atoms with E-state index in [1.807, 2.05) is 32.0 Å². The maximum absolute atomic E-state index is 13.2. The number of hydrogen-bond acceptors (Lipinski definition) is 4. The van der Waals surface area contributed by atoms with E-state index in [0.29, 0.717) is 22.7 Å². The molecule has 0 bridgehead atoms. The molecule has 3 rings (SSSR count). The van der Waals surface area contributed by atoms with Crippen LogP contribution in [0.3, 0.4) is 0 Å². The molecular formula is C22H27N3O4S. The lowest BCUT2D eigenvalue weighted by molar-refractivity contribution is 0.406. The number of rotatable bonds is 6. The van der Waals surface area contributed by atoms with Gasteiger partial charge in [0.25, 0.3) is 15.6 Å². The van der Waals surface area contributed by atoms with Crippen molar-refractivity contribution in [3.05, 3.63) is 69.6 Å². The van der Waals surface area contributed by atoms with Gasteiger partial charge in [-0.2, -0.15) is 0 Å². The minimum absolute atomic E-state index is 0.0302. The van der Waals surface area contributed by atoms with E-state index < -0.39 is 15.6 Å². The summed E-state index contributed by atoms with van der Waals surface area (Å²) in [6.45, 7) is 7.36. The molecule has 0 aliphatic carbocycles. The lowest BCUT2D eigenvalue weighted by atomic mass is 10.0. The number of aromatic nitrogens is 2. The van der Waals surface area contributed by atoms with Gasteiger partial charge in [-0.05, 0) is 55.2 Å². The van der Waals surface area contributed by atoms with Crippen LogP contribution in [-0.4, -0.2) is 24.9 Å². The van der Waals surface area contributed by atoms with Crippen molar-refractivity contribution in [3.8, 4) is 11.4 Å². The summed E-state index contributed by atoms with van der Waals surface area (Å²) in [6.07, 6.45) is 0. The summed E-state index contributed by atoms with van der Waals surface area (Å²) in [5, 5.41) is 0. The van der Waals surface area contributed by atoms with Crippen molar-refractivity contribution in [2.45, 2.75) is 38.5 Å². The molecule has 0 saturated heterocycles. The fraction of sp³-hybridized carbons (Fsp3) is 0.318. The van der Waals surface area contributed by atoms with Crippen molar-refractivity contribution >= 4 is 15.7 Å². The first-order chi connectivity index (χ1) is 14.1. The summed E-state index contributed by atoms with van der Waals surface area (Å²) in [6, 6.07) is 12.4. The molecule has 7 nitrogen and oxygen atoms in total. The van der Waals surface area contributed by atoms with E-state index in [-0.39, 0.29) is 16.5 Å². The maximum Gasteiger partial charge on any atom is 0.296 e. The van der Waals surface area contributed by atoms with Crippen LogP contribution < -0.4 is 15.0 Å². The number of aryl methyl sites for hydroxylation is 1. The predicted molar refractivity (Wildman–Crippen MR) is 118 cm³/mol. The standard InChI is InChI=1S/C22H27N3O4S/c1-14(2)18-13-20(15(3)12-19(18)29-6)30(27,28)23-21-16(4)24(5)25(22(21)26)17-10-8-7-9-11-17/h7-14,23H,1-6H3. The third-order valence-corrected chi connectivity index (χ3v) is 6.72. The highest BCUT2D eigenvalue weighted by Gasteiger charge is 2.25. The summed E-state index contributed by atoms with van der Waals surface area (Å²) in [4.78, 5) is 13.2. The smallest absolute Gasteiger partial charge is 0.296 e. The molecule has 1 N–H and O–H groups in total. The second-order valence-corrected chi connectivity index (χ2v) is 9.21. The van der Waals surface area contributed by atoms with E-state index in [4.69, 9.17) is 4.74 Å². The van der Waals surface area contributed by atoms with Crippen LogP contribution in [0.15, 0.2) is 52.2 Å². The molecule has 0 radical (unpaired) electrons. The molecule has 0 unspecified atom stereocenters. The number of ether oxygens (including phenoxy) is 1. The molecule has 0 spiro atoms. The van der Waals surface area contributed by atoms with Crippen molar-refractivity contribution in [3.63, 3.8) is 0 Å². The van der Waals surface area contributed by atoms with E-state index in [1.165, 1.54) is 4.68 Å². The quantitative estimate of drug-likeness (QED) is 0.647. The highest BCUT2D eigenvalue weighted by Crippen LogP contribution is 2.32. The number of anilines is 1. The number of methoxy groups -OCH3 is 1. The SMILES string of the molecule is COc1cc(C)c(S(=O)(=O)Nc2c(C)n(C)n(-c3ccccc3)c2=O)cc1C(C)C. The van der Waals surface area contributed by atoms with Gasteiger partial charge < -0.3 is 4.74 Å². The summed E-state index contributed by atoms with van der Waals surface area (Å²) in [5.41, 5.74) is 2.10. The van der Waals surface area contributed by atoms with Gasteiger partial charge in [0.1, 0.15) is 11.4 Å². The Morgan fingerprint density at radius 2 is 1.70 bits per heavy atom. The first-order valence-electron chi connectivity index (χ1n) is 9.63. The number of benzene rings is 2. The topological polar surface area (TPSA) is 82.3 Å². The van der Waals surface area contributed by atoms with Crippen LogP contribution in [0.1, 0.15) is 36.6 Å². The Morgan fingerprint density at radius 1 is 1.07 bits per heavy atom. The second-order valence-electron chi connectivity index (χ2n) is 7.56. The minimum Gasteiger partial charge on any atom is -0.496 e. The molecule has 0 aliphatic rings. The Kier molecular flexibility index (Phi) is 5.81. The van der Waals surface area contributed by atoms with Crippen molar-refractivity contribution in [2.24, 2.45) is 7.05 Å². The van der Waals surface area contributed by atoms with Crippen LogP contribution in [0, 0.1) is 13.8 Å². The van der Waals surface area contributed by atoms with Gasteiger partial charge in [-0.15, -0.1) is 0 Å². The van der Waals surface area contributed by atoms with E-state index >= 15 is 0 Å².